The van der Waals surface area contributed by atoms with Crippen LogP contribution >= 0.6 is 27.5 Å². The van der Waals surface area contributed by atoms with Crippen LogP contribution in [0.3, 0.4) is 0 Å². The molecule has 0 unspecified atom stereocenters. The van der Waals surface area contributed by atoms with Crippen LogP contribution < -0.4 is 5.32 Å². The minimum atomic E-state index is -1.04. The van der Waals surface area contributed by atoms with E-state index in [2.05, 4.69) is 26.2 Å². The van der Waals surface area contributed by atoms with Crippen LogP contribution in [0.2, 0.25) is 5.15 Å². The van der Waals surface area contributed by atoms with Crippen molar-refractivity contribution in [2.24, 2.45) is 5.41 Å². The number of rotatable bonds is 4. The Labute approximate surface area is 118 Å². The van der Waals surface area contributed by atoms with Crippen LogP contribution in [0.15, 0.2) is 16.7 Å². The molecule has 5 nitrogen and oxygen atoms in total. The number of amides is 1. The van der Waals surface area contributed by atoms with Gasteiger partial charge in [0.2, 0.25) is 0 Å². The van der Waals surface area contributed by atoms with Gasteiger partial charge in [-0.05, 0) is 35.8 Å². The molecule has 0 aliphatic carbocycles. The van der Waals surface area contributed by atoms with Crippen molar-refractivity contribution in [2.75, 3.05) is 6.54 Å². The van der Waals surface area contributed by atoms with Gasteiger partial charge < -0.3 is 10.4 Å². The first-order valence-electron chi connectivity index (χ1n) is 5.06. The molecule has 0 spiro atoms. The van der Waals surface area contributed by atoms with Gasteiger partial charge in [0.1, 0.15) is 5.15 Å². The Hall–Kier alpha value is -1.14. The highest BCUT2D eigenvalue weighted by Gasteiger charge is 2.28. The number of aromatic nitrogens is 1. The second kappa shape index (κ2) is 5.67. The lowest BCUT2D eigenvalue weighted by Gasteiger charge is -2.19. The standard InChI is InChI=1S/C11H12BrClN2O3/c1-11(2,10(17)18)5-15-9(16)7-3-6(12)4-14-8(7)13/h3-4H,5H2,1-2H3,(H,15,16)(H,17,18). The summed E-state index contributed by atoms with van der Waals surface area (Å²) in [6.45, 7) is 3.05. The number of pyridine rings is 1. The minimum absolute atomic E-state index is 0.00398. The SMILES string of the molecule is CC(C)(CNC(=O)c1cc(Br)cnc1Cl)C(=O)O. The molecule has 1 aromatic rings. The Kier molecular flexibility index (Phi) is 4.70. The molecule has 0 bridgehead atoms. The molecule has 1 heterocycles. The van der Waals surface area contributed by atoms with Crippen molar-refractivity contribution in [3.8, 4) is 0 Å². The number of carbonyl (C=O) groups is 2. The van der Waals surface area contributed by atoms with Gasteiger partial charge in [-0.1, -0.05) is 11.6 Å². The molecule has 0 radical (unpaired) electrons. The number of nitrogens with one attached hydrogen (secondary N) is 1. The van der Waals surface area contributed by atoms with E-state index in [0.29, 0.717) is 4.47 Å². The monoisotopic (exact) mass is 334 g/mol. The summed E-state index contributed by atoms with van der Waals surface area (Å²) in [6, 6.07) is 1.53. The van der Waals surface area contributed by atoms with E-state index in [1.807, 2.05) is 0 Å². The molecule has 0 saturated heterocycles. The number of nitrogens with zero attached hydrogens (tertiary/aromatic N) is 1. The molecule has 1 amide bonds. The third kappa shape index (κ3) is 3.68. The van der Waals surface area contributed by atoms with Gasteiger partial charge in [0, 0.05) is 17.2 Å². The second-order valence-electron chi connectivity index (χ2n) is 4.36. The highest BCUT2D eigenvalue weighted by atomic mass is 79.9. The summed E-state index contributed by atoms with van der Waals surface area (Å²) in [5.74, 6) is -1.44. The largest absolute Gasteiger partial charge is 0.481 e. The van der Waals surface area contributed by atoms with Gasteiger partial charge in [-0.15, -0.1) is 0 Å². The van der Waals surface area contributed by atoms with Crippen molar-refractivity contribution in [3.63, 3.8) is 0 Å². The van der Waals surface area contributed by atoms with Crippen LogP contribution in [-0.4, -0.2) is 28.5 Å². The number of carbonyl (C=O) groups excluding carboxylic acids is 1. The van der Waals surface area contributed by atoms with Crippen molar-refractivity contribution in [3.05, 3.63) is 27.5 Å². The number of halogens is 2. The lowest BCUT2D eigenvalue weighted by atomic mass is 9.94. The quantitative estimate of drug-likeness (QED) is 0.828. The number of hydrogen-bond acceptors (Lipinski definition) is 3. The van der Waals surface area contributed by atoms with Crippen molar-refractivity contribution in [1.29, 1.82) is 0 Å². The average Bonchev–Trinajstić information content (AvgIpc) is 2.29. The zero-order valence-corrected chi connectivity index (χ0v) is 12.2. The fourth-order valence-corrected chi connectivity index (χ4v) is 1.57. The molecular formula is C11H12BrClN2O3. The van der Waals surface area contributed by atoms with Gasteiger partial charge in [0.25, 0.3) is 5.91 Å². The number of carboxylic acids is 1. The lowest BCUT2D eigenvalue weighted by Crippen LogP contribution is -2.39. The third-order valence-corrected chi connectivity index (χ3v) is 3.06. The summed E-state index contributed by atoms with van der Waals surface area (Å²) in [4.78, 5) is 26.6. The number of carboxylic acid groups (broad SMARTS) is 1. The number of aliphatic carboxylic acids is 1. The predicted octanol–water partition coefficient (Wildman–Crippen LogP) is 2.34. The van der Waals surface area contributed by atoms with Crippen LogP contribution in [0.4, 0.5) is 0 Å². The van der Waals surface area contributed by atoms with E-state index in [-0.39, 0.29) is 17.3 Å². The molecule has 0 saturated carbocycles. The lowest BCUT2D eigenvalue weighted by molar-refractivity contribution is -0.146. The summed E-state index contributed by atoms with van der Waals surface area (Å²) >= 11 is 8.98. The van der Waals surface area contributed by atoms with Crippen LogP contribution in [0.5, 0.6) is 0 Å². The minimum Gasteiger partial charge on any atom is -0.481 e. The first kappa shape index (κ1) is 14.9. The molecule has 7 heteroatoms. The normalized spacial score (nSPS) is 11.1. The average molecular weight is 336 g/mol. The molecule has 98 valence electrons. The molecule has 2 N–H and O–H groups in total. The third-order valence-electron chi connectivity index (χ3n) is 2.32. The highest BCUT2D eigenvalue weighted by molar-refractivity contribution is 9.10. The van der Waals surface area contributed by atoms with Crippen LogP contribution in [0, 0.1) is 5.41 Å². The Balaban J connectivity index is 2.78. The van der Waals surface area contributed by atoms with Crippen molar-refractivity contribution in [1.82, 2.24) is 10.3 Å². The molecule has 0 aliphatic rings. The Morgan fingerprint density at radius 1 is 1.56 bits per heavy atom. The molecule has 1 rings (SSSR count). The molecule has 0 aromatic carbocycles. The topological polar surface area (TPSA) is 79.3 Å². The molecule has 18 heavy (non-hydrogen) atoms. The fourth-order valence-electron chi connectivity index (χ4n) is 1.05. The van der Waals surface area contributed by atoms with Crippen molar-refractivity contribution in [2.45, 2.75) is 13.8 Å². The second-order valence-corrected chi connectivity index (χ2v) is 5.64. The van der Waals surface area contributed by atoms with E-state index in [1.165, 1.54) is 26.1 Å². The van der Waals surface area contributed by atoms with E-state index in [4.69, 9.17) is 16.7 Å². The molecule has 0 aliphatic heterocycles. The first-order valence-corrected chi connectivity index (χ1v) is 6.24. The summed E-state index contributed by atoms with van der Waals surface area (Å²) in [6.07, 6.45) is 1.47. The van der Waals surface area contributed by atoms with E-state index in [1.54, 1.807) is 0 Å². The summed E-state index contributed by atoms with van der Waals surface area (Å²) in [5, 5.41) is 11.5. The van der Waals surface area contributed by atoms with Crippen molar-refractivity contribution < 1.29 is 14.7 Å². The van der Waals surface area contributed by atoms with Crippen LogP contribution in [0.1, 0.15) is 24.2 Å². The van der Waals surface area contributed by atoms with Gasteiger partial charge in [-0.3, -0.25) is 9.59 Å². The van der Waals surface area contributed by atoms with E-state index < -0.39 is 17.3 Å². The maximum atomic E-state index is 11.8. The molecule has 0 atom stereocenters. The van der Waals surface area contributed by atoms with E-state index >= 15 is 0 Å². The first-order chi connectivity index (χ1) is 8.24. The highest BCUT2D eigenvalue weighted by Crippen LogP contribution is 2.19. The Morgan fingerprint density at radius 3 is 2.72 bits per heavy atom. The van der Waals surface area contributed by atoms with Crippen molar-refractivity contribution >= 4 is 39.4 Å². The summed E-state index contributed by atoms with van der Waals surface area (Å²) < 4.78 is 0.620. The zero-order chi connectivity index (χ0) is 13.9. The van der Waals surface area contributed by atoms with Gasteiger partial charge in [0.05, 0.1) is 11.0 Å². The Bertz CT molecular complexity index is 491. The summed E-state index contributed by atoms with van der Waals surface area (Å²) in [7, 11) is 0. The maximum absolute atomic E-state index is 11.8. The molecule has 0 fully saturated rings. The Morgan fingerprint density at radius 2 is 2.17 bits per heavy atom. The van der Waals surface area contributed by atoms with Crippen LogP contribution in [-0.2, 0) is 4.79 Å². The van der Waals surface area contributed by atoms with Gasteiger partial charge >= 0.3 is 5.97 Å². The van der Waals surface area contributed by atoms with E-state index in [0.717, 1.165) is 0 Å². The zero-order valence-electron chi connectivity index (χ0n) is 9.83. The number of hydrogen-bond donors (Lipinski definition) is 2. The maximum Gasteiger partial charge on any atom is 0.310 e. The molecule has 1 aromatic heterocycles. The smallest absolute Gasteiger partial charge is 0.310 e. The van der Waals surface area contributed by atoms with E-state index in [9.17, 15) is 9.59 Å². The fraction of sp³-hybridized carbons (Fsp3) is 0.364. The predicted molar refractivity (Wildman–Crippen MR) is 70.7 cm³/mol. The van der Waals surface area contributed by atoms with Crippen LogP contribution in [0.25, 0.3) is 0 Å². The molecular weight excluding hydrogens is 323 g/mol. The van der Waals surface area contributed by atoms with Gasteiger partial charge in [-0.25, -0.2) is 4.98 Å². The van der Waals surface area contributed by atoms with Gasteiger partial charge in [0.15, 0.2) is 0 Å². The summed E-state index contributed by atoms with van der Waals surface area (Å²) in [5.41, 5.74) is -0.839. The van der Waals surface area contributed by atoms with Gasteiger partial charge in [-0.2, -0.15) is 0 Å².